The summed E-state index contributed by atoms with van der Waals surface area (Å²) in [6.45, 7) is 3.24. The Balaban J connectivity index is 2.64. The Morgan fingerprint density at radius 1 is 1.39 bits per heavy atom. The fourth-order valence-corrected chi connectivity index (χ4v) is 2.11. The highest BCUT2D eigenvalue weighted by Gasteiger charge is 2.11. The molecule has 0 saturated heterocycles. The summed E-state index contributed by atoms with van der Waals surface area (Å²) < 4.78 is 10.1. The average Bonchev–Trinajstić information content (AvgIpc) is 2.26. The van der Waals surface area contributed by atoms with Crippen molar-refractivity contribution < 1.29 is 13.9 Å². The first kappa shape index (κ1) is 12.8. The van der Waals surface area contributed by atoms with Gasteiger partial charge < -0.3 is 9.15 Å². The molecule has 0 N–H and O–H groups in total. The van der Waals surface area contributed by atoms with Crippen LogP contribution in [0.25, 0.3) is 11.0 Å². The third-order valence-electron chi connectivity index (χ3n) is 2.44. The molecule has 0 saturated carbocycles. The molecule has 5 heteroatoms. The lowest BCUT2D eigenvalue weighted by molar-refractivity contribution is -0.131. The van der Waals surface area contributed by atoms with Gasteiger partial charge in [-0.3, -0.25) is 4.79 Å². The second kappa shape index (κ2) is 4.94. The number of hydrogen-bond acceptors (Lipinski definition) is 4. The molecule has 0 aliphatic heterocycles. The van der Waals surface area contributed by atoms with Gasteiger partial charge in [0.25, 0.3) is 0 Å². The van der Waals surface area contributed by atoms with E-state index >= 15 is 0 Å². The fourth-order valence-electron chi connectivity index (χ4n) is 1.73. The molecule has 0 amide bonds. The smallest absolute Gasteiger partial charge is 0.336 e. The molecule has 2 aromatic rings. The molecule has 94 valence electrons. The van der Waals surface area contributed by atoms with Crippen molar-refractivity contribution in [3.8, 4) is 5.75 Å². The molecule has 1 aromatic heterocycles. The van der Waals surface area contributed by atoms with Crippen molar-refractivity contribution in [3.63, 3.8) is 0 Å². The SMILES string of the molecule is CC(=O)Oc1ccc2c(C(C)Br)cc(=O)oc2c1. The van der Waals surface area contributed by atoms with Gasteiger partial charge in [-0.05, 0) is 24.6 Å². The van der Waals surface area contributed by atoms with E-state index in [1.54, 1.807) is 12.1 Å². The minimum Gasteiger partial charge on any atom is -0.427 e. The first-order valence-electron chi connectivity index (χ1n) is 5.37. The Kier molecular flexibility index (Phi) is 3.52. The van der Waals surface area contributed by atoms with Crippen molar-refractivity contribution >= 4 is 32.9 Å². The lowest BCUT2D eigenvalue weighted by Gasteiger charge is -2.08. The molecule has 2 rings (SSSR count). The van der Waals surface area contributed by atoms with Gasteiger partial charge in [0.05, 0.1) is 0 Å². The van der Waals surface area contributed by atoms with Crippen LogP contribution in [0.5, 0.6) is 5.75 Å². The Hall–Kier alpha value is -1.62. The number of carbonyl (C=O) groups is 1. The zero-order valence-electron chi connectivity index (χ0n) is 9.90. The van der Waals surface area contributed by atoms with E-state index in [1.807, 2.05) is 6.92 Å². The maximum Gasteiger partial charge on any atom is 0.336 e. The lowest BCUT2D eigenvalue weighted by Crippen LogP contribution is -2.03. The van der Waals surface area contributed by atoms with Crippen molar-refractivity contribution in [3.05, 3.63) is 40.2 Å². The number of fused-ring (bicyclic) bond motifs is 1. The monoisotopic (exact) mass is 310 g/mol. The second-order valence-corrected chi connectivity index (χ2v) is 5.26. The Morgan fingerprint density at radius 2 is 2.11 bits per heavy atom. The number of esters is 1. The van der Waals surface area contributed by atoms with Crippen LogP contribution in [0.1, 0.15) is 24.2 Å². The highest BCUT2D eigenvalue weighted by molar-refractivity contribution is 9.09. The van der Waals surface area contributed by atoms with Crippen LogP contribution >= 0.6 is 15.9 Å². The van der Waals surface area contributed by atoms with Gasteiger partial charge in [-0.15, -0.1) is 0 Å². The van der Waals surface area contributed by atoms with Crippen LogP contribution in [0, 0.1) is 0 Å². The standard InChI is InChI=1S/C13H11BrO4/c1-7(14)11-6-13(16)18-12-5-9(17-8(2)15)3-4-10(11)12/h3-7H,1-2H3. The van der Waals surface area contributed by atoms with Gasteiger partial charge in [0.1, 0.15) is 11.3 Å². The van der Waals surface area contributed by atoms with Gasteiger partial charge in [-0.1, -0.05) is 15.9 Å². The van der Waals surface area contributed by atoms with Crippen LogP contribution in [0.4, 0.5) is 0 Å². The molecule has 4 nitrogen and oxygen atoms in total. The normalized spacial score (nSPS) is 12.4. The minimum absolute atomic E-state index is 0.0312. The zero-order valence-corrected chi connectivity index (χ0v) is 11.5. The molecule has 1 aromatic carbocycles. The van der Waals surface area contributed by atoms with Crippen LogP contribution in [0.15, 0.2) is 33.5 Å². The van der Waals surface area contributed by atoms with Gasteiger partial charge in [-0.25, -0.2) is 4.79 Å². The number of rotatable bonds is 2. The molecule has 0 radical (unpaired) electrons. The lowest BCUT2D eigenvalue weighted by atomic mass is 10.1. The van der Waals surface area contributed by atoms with Crippen LogP contribution in [0.3, 0.4) is 0 Å². The van der Waals surface area contributed by atoms with Crippen molar-refractivity contribution in [2.45, 2.75) is 18.7 Å². The van der Waals surface area contributed by atoms with Crippen LogP contribution in [0.2, 0.25) is 0 Å². The van der Waals surface area contributed by atoms with Crippen LogP contribution < -0.4 is 10.4 Å². The van der Waals surface area contributed by atoms with Gasteiger partial charge in [0.2, 0.25) is 0 Å². The molecule has 1 atom stereocenters. The predicted octanol–water partition coefficient (Wildman–Crippen LogP) is 3.17. The van der Waals surface area contributed by atoms with Crippen molar-refractivity contribution in [2.75, 3.05) is 0 Å². The number of halogens is 1. The topological polar surface area (TPSA) is 56.5 Å². The molecule has 0 spiro atoms. The largest absolute Gasteiger partial charge is 0.427 e. The third kappa shape index (κ3) is 2.61. The quantitative estimate of drug-likeness (QED) is 0.370. The van der Waals surface area contributed by atoms with E-state index in [0.717, 1.165) is 10.9 Å². The van der Waals surface area contributed by atoms with E-state index < -0.39 is 11.6 Å². The number of alkyl halides is 1. The molecular weight excluding hydrogens is 300 g/mol. The summed E-state index contributed by atoms with van der Waals surface area (Å²) in [5.74, 6) is -0.0563. The Labute approximate surface area is 112 Å². The first-order chi connectivity index (χ1) is 8.47. The van der Waals surface area contributed by atoms with Gasteiger partial charge >= 0.3 is 11.6 Å². The average molecular weight is 311 g/mol. The van der Waals surface area contributed by atoms with Crippen molar-refractivity contribution in [1.82, 2.24) is 0 Å². The fraction of sp³-hybridized carbons (Fsp3) is 0.231. The van der Waals surface area contributed by atoms with Gasteiger partial charge in [0, 0.05) is 29.3 Å². The highest BCUT2D eigenvalue weighted by atomic mass is 79.9. The molecular formula is C13H11BrO4. The van der Waals surface area contributed by atoms with Gasteiger partial charge in [0.15, 0.2) is 0 Å². The molecule has 1 heterocycles. The molecule has 0 bridgehead atoms. The summed E-state index contributed by atoms with van der Waals surface area (Å²) in [5.41, 5.74) is 0.821. The summed E-state index contributed by atoms with van der Waals surface area (Å²) in [7, 11) is 0. The van der Waals surface area contributed by atoms with E-state index in [4.69, 9.17) is 9.15 Å². The molecule has 0 aliphatic rings. The second-order valence-electron chi connectivity index (χ2n) is 3.89. The van der Waals surface area contributed by atoms with Gasteiger partial charge in [-0.2, -0.15) is 0 Å². The van der Waals surface area contributed by atoms with Crippen molar-refractivity contribution in [2.24, 2.45) is 0 Å². The molecule has 18 heavy (non-hydrogen) atoms. The minimum atomic E-state index is -0.427. The molecule has 1 unspecified atom stereocenters. The summed E-state index contributed by atoms with van der Waals surface area (Å²) >= 11 is 3.43. The van der Waals surface area contributed by atoms with E-state index in [0.29, 0.717) is 11.3 Å². The number of carbonyl (C=O) groups excluding carboxylic acids is 1. The summed E-state index contributed by atoms with van der Waals surface area (Å²) in [6, 6.07) is 6.43. The van der Waals surface area contributed by atoms with Crippen molar-refractivity contribution in [1.29, 1.82) is 0 Å². The van der Waals surface area contributed by atoms with E-state index in [9.17, 15) is 9.59 Å². The predicted molar refractivity (Wildman–Crippen MR) is 71.1 cm³/mol. The van der Waals surface area contributed by atoms with E-state index in [-0.39, 0.29) is 4.83 Å². The maximum absolute atomic E-state index is 11.4. The number of benzene rings is 1. The third-order valence-corrected chi connectivity index (χ3v) is 2.93. The molecule has 0 fully saturated rings. The Morgan fingerprint density at radius 3 is 2.72 bits per heavy atom. The maximum atomic E-state index is 11.4. The van der Waals surface area contributed by atoms with E-state index in [1.165, 1.54) is 19.1 Å². The first-order valence-corrected chi connectivity index (χ1v) is 6.29. The number of ether oxygens (including phenoxy) is 1. The van der Waals surface area contributed by atoms with Crippen LogP contribution in [-0.4, -0.2) is 5.97 Å². The summed E-state index contributed by atoms with van der Waals surface area (Å²) in [4.78, 5) is 22.3. The Bertz CT molecular complexity index is 658. The highest BCUT2D eigenvalue weighted by Crippen LogP contribution is 2.30. The van der Waals surface area contributed by atoms with Crippen LogP contribution in [-0.2, 0) is 4.79 Å². The summed E-state index contributed by atoms with van der Waals surface area (Å²) in [5, 5.41) is 0.815. The zero-order chi connectivity index (χ0) is 13.3. The number of hydrogen-bond donors (Lipinski definition) is 0. The molecule has 0 aliphatic carbocycles. The van der Waals surface area contributed by atoms with E-state index in [2.05, 4.69) is 15.9 Å². The summed E-state index contributed by atoms with van der Waals surface area (Å²) in [6.07, 6.45) is 0.